The van der Waals surface area contributed by atoms with E-state index in [0.29, 0.717) is 11.0 Å². The number of fused-ring (bicyclic) bond motifs is 1. The molecule has 1 aromatic heterocycles. The Kier molecular flexibility index (Phi) is 3.44. The summed E-state index contributed by atoms with van der Waals surface area (Å²) in [4.78, 5) is 13.6. The van der Waals surface area contributed by atoms with Crippen molar-refractivity contribution in [1.29, 1.82) is 0 Å². The van der Waals surface area contributed by atoms with E-state index in [1.54, 1.807) is 0 Å². The molecule has 0 bridgehead atoms. The van der Waals surface area contributed by atoms with E-state index in [9.17, 15) is 4.79 Å². The number of aromatic nitrogens is 2. The molecule has 1 atom stereocenters. The van der Waals surface area contributed by atoms with Crippen molar-refractivity contribution < 1.29 is 4.79 Å². The quantitative estimate of drug-likeness (QED) is 0.919. The van der Waals surface area contributed by atoms with E-state index in [1.165, 1.54) is 0 Å². The Labute approximate surface area is 121 Å². The van der Waals surface area contributed by atoms with Gasteiger partial charge in [0, 0.05) is 17.3 Å². The van der Waals surface area contributed by atoms with Gasteiger partial charge in [0.05, 0.1) is 0 Å². The molecule has 1 amide bonds. The number of primary amides is 1. The van der Waals surface area contributed by atoms with Crippen LogP contribution in [0.5, 0.6) is 0 Å². The summed E-state index contributed by atoms with van der Waals surface area (Å²) in [6, 6.07) is 7.36. The van der Waals surface area contributed by atoms with Gasteiger partial charge in [-0.05, 0) is 19.3 Å². The summed E-state index contributed by atoms with van der Waals surface area (Å²) in [5, 5.41) is 10.3. The lowest BCUT2D eigenvalue weighted by Gasteiger charge is -2.34. The van der Waals surface area contributed by atoms with Gasteiger partial charge < -0.3 is 10.6 Å². The maximum absolute atomic E-state index is 11.6. The van der Waals surface area contributed by atoms with E-state index < -0.39 is 0 Å². The Morgan fingerprint density at radius 3 is 2.75 bits per heavy atom. The predicted octanol–water partition coefficient (Wildman–Crippen LogP) is 2.13. The molecule has 0 spiro atoms. The van der Waals surface area contributed by atoms with Crippen molar-refractivity contribution in [3.8, 4) is 0 Å². The summed E-state index contributed by atoms with van der Waals surface area (Å²) < 4.78 is 0. The van der Waals surface area contributed by atoms with Crippen LogP contribution in [0.1, 0.15) is 19.3 Å². The first-order chi connectivity index (χ1) is 9.68. The Morgan fingerprint density at radius 2 is 2.00 bits per heavy atom. The van der Waals surface area contributed by atoms with E-state index in [2.05, 4.69) is 10.2 Å². The molecule has 3 rings (SSSR count). The fourth-order valence-corrected chi connectivity index (χ4v) is 2.95. The number of carbonyl (C=O) groups excluding carboxylic acids is 1. The van der Waals surface area contributed by atoms with Crippen LogP contribution in [-0.4, -0.2) is 28.7 Å². The van der Waals surface area contributed by atoms with E-state index >= 15 is 0 Å². The molecule has 1 aliphatic heterocycles. The molecule has 0 saturated carbocycles. The van der Waals surface area contributed by atoms with Crippen LogP contribution in [0, 0.1) is 0 Å². The van der Waals surface area contributed by atoms with Gasteiger partial charge in [0.25, 0.3) is 0 Å². The fraction of sp³-hybridized carbons (Fsp3) is 0.357. The second kappa shape index (κ2) is 5.25. The van der Waals surface area contributed by atoms with Gasteiger partial charge in [0.1, 0.15) is 6.04 Å². The van der Waals surface area contributed by atoms with E-state index in [0.717, 1.165) is 36.6 Å². The number of amides is 1. The highest BCUT2D eigenvalue weighted by molar-refractivity contribution is 6.34. The first-order valence-corrected chi connectivity index (χ1v) is 7.03. The zero-order valence-corrected chi connectivity index (χ0v) is 11.7. The molecule has 5 nitrogen and oxygen atoms in total. The highest BCUT2D eigenvalue weighted by atomic mass is 35.5. The number of halogens is 1. The molecule has 104 valence electrons. The molecule has 2 heterocycles. The summed E-state index contributed by atoms with van der Waals surface area (Å²) in [6.45, 7) is 0.758. The lowest BCUT2D eigenvalue weighted by Crippen LogP contribution is -2.48. The fourth-order valence-electron chi connectivity index (χ4n) is 2.75. The third kappa shape index (κ3) is 2.18. The maximum Gasteiger partial charge on any atom is 0.240 e. The van der Waals surface area contributed by atoms with Crippen LogP contribution in [0.2, 0.25) is 5.15 Å². The average Bonchev–Trinajstić information content (AvgIpc) is 2.48. The minimum atomic E-state index is -0.317. The first kappa shape index (κ1) is 13.1. The van der Waals surface area contributed by atoms with Gasteiger partial charge in [-0.1, -0.05) is 35.9 Å². The monoisotopic (exact) mass is 290 g/mol. The van der Waals surface area contributed by atoms with Crippen LogP contribution in [0.3, 0.4) is 0 Å². The van der Waals surface area contributed by atoms with Crippen molar-refractivity contribution >= 4 is 34.1 Å². The molecule has 6 heteroatoms. The number of rotatable bonds is 2. The minimum absolute atomic E-state index is 0.314. The number of hydrogen-bond donors (Lipinski definition) is 1. The largest absolute Gasteiger partial charge is 0.368 e. The number of nitrogens with zero attached hydrogens (tertiary/aromatic N) is 3. The molecule has 2 N–H and O–H groups in total. The zero-order chi connectivity index (χ0) is 14.1. The Bertz CT molecular complexity index is 661. The van der Waals surface area contributed by atoms with Crippen molar-refractivity contribution in [3.05, 3.63) is 29.4 Å². The number of benzene rings is 1. The van der Waals surface area contributed by atoms with Crippen LogP contribution in [0.25, 0.3) is 10.8 Å². The number of piperidine rings is 1. The summed E-state index contributed by atoms with van der Waals surface area (Å²) >= 11 is 6.08. The standard InChI is InChI=1S/C14H15ClN4O/c15-12-9-5-1-2-6-10(9)14(18-17-12)19-8-4-3-7-11(19)13(16)20/h1-2,5-6,11H,3-4,7-8H2,(H2,16,20). The van der Waals surface area contributed by atoms with Crippen LogP contribution in [0.15, 0.2) is 24.3 Å². The van der Waals surface area contributed by atoms with Crippen molar-refractivity contribution in [3.63, 3.8) is 0 Å². The molecule has 0 aliphatic carbocycles. The second-order valence-electron chi connectivity index (χ2n) is 4.97. The third-order valence-electron chi connectivity index (χ3n) is 3.73. The number of carbonyl (C=O) groups is 1. The van der Waals surface area contributed by atoms with Gasteiger partial charge in [-0.25, -0.2) is 0 Å². The van der Waals surface area contributed by atoms with Crippen LogP contribution >= 0.6 is 11.6 Å². The van der Waals surface area contributed by atoms with Gasteiger partial charge >= 0.3 is 0 Å². The maximum atomic E-state index is 11.6. The Hall–Kier alpha value is -1.88. The zero-order valence-electron chi connectivity index (χ0n) is 10.9. The van der Waals surface area contributed by atoms with Crippen molar-refractivity contribution in [2.45, 2.75) is 25.3 Å². The number of nitrogens with two attached hydrogens (primary N) is 1. The summed E-state index contributed by atoms with van der Waals surface area (Å²) in [6.07, 6.45) is 2.78. The van der Waals surface area contributed by atoms with Gasteiger partial charge in [0.15, 0.2) is 11.0 Å². The number of anilines is 1. The van der Waals surface area contributed by atoms with Gasteiger partial charge in [0.2, 0.25) is 5.91 Å². The molecule has 1 aromatic carbocycles. The molecular formula is C14H15ClN4O. The summed E-state index contributed by atoms with van der Waals surface area (Å²) in [7, 11) is 0. The predicted molar refractivity (Wildman–Crippen MR) is 78.7 cm³/mol. The highest BCUT2D eigenvalue weighted by Gasteiger charge is 2.29. The van der Waals surface area contributed by atoms with Crippen LogP contribution in [-0.2, 0) is 4.79 Å². The highest BCUT2D eigenvalue weighted by Crippen LogP contribution is 2.31. The minimum Gasteiger partial charge on any atom is -0.368 e. The average molecular weight is 291 g/mol. The first-order valence-electron chi connectivity index (χ1n) is 6.65. The van der Waals surface area contributed by atoms with E-state index in [4.69, 9.17) is 17.3 Å². The normalized spacial score (nSPS) is 19.2. The molecule has 1 unspecified atom stereocenters. The van der Waals surface area contributed by atoms with Crippen molar-refractivity contribution in [1.82, 2.24) is 10.2 Å². The summed E-state index contributed by atoms with van der Waals surface area (Å²) in [5.74, 6) is 0.374. The molecule has 1 saturated heterocycles. The Morgan fingerprint density at radius 1 is 1.25 bits per heavy atom. The van der Waals surface area contributed by atoms with Crippen LogP contribution in [0.4, 0.5) is 5.82 Å². The molecular weight excluding hydrogens is 276 g/mol. The lowest BCUT2D eigenvalue weighted by molar-refractivity contribution is -0.119. The molecule has 20 heavy (non-hydrogen) atoms. The van der Waals surface area contributed by atoms with Crippen LogP contribution < -0.4 is 10.6 Å². The SMILES string of the molecule is NC(=O)C1CCCCN1c1nnc(Cl)c2ccccc12. The lowest BCUT2D eigenvalue weighted by atomic mass is 10.0. The third-order valence-corrected chi connectivity index (χ3v) is 4.01. The molecule has 1 fully saturated rings. The smallest absolute Gasteiger partial charge is 0.240 e. The topological polar surface area (TPSA) is 72.1 Å². The van der Waals surface area contributed by atoms with Gasteiger partial charge in [-0.2, -0.15) is 0 Å². The van der Waals surface area contributed by atoms with E-state index in [1.807, 2.05) is 29.2 Å². The molecule has 1 aliphatic rings. The van der Waals surface area contributed by atoms with Gasteiger partial charge in [-0.15, -0.1) is 10.2 Å². The molecule has 0 radical (unpaired) electrons. The van der Waals surface area contributed by atoms with Crippen molar-refractivity contribution in [2.24, 2.45) is 5.73 Å². The van der Waals surface area contributed by atoms with Gasteiger partial charge in [-0.3, -0.25) is 4.79 Å². The number of hydrogen-bond acceptors (Lipinski definition) is 4. The second-order valence-corrected chi connectivity index (χ2v) is 5.33. The van der Waals surface area contributed by atoms with Crippen molar-refractivity contribution in [2.75, 3.05) is 11.4 Å². The van der Waals surface area contributed by atoms with E-state index in [-0.39, 0.29) is 11.9 Å². The Balaban J connectivity index is 2.13. The molecule has 2 aromatic rings. The summed E-state index contributed by atoms with van der Waals surface area (Å²) in [5.41, 5.74) is 5.51.